The molecule has 7 nitrogen and oxygen atoms in total. The Kier molecular flexibility index (Phi) is 6.04. The van der Waals surface area contributed by atoms with Crippen molar-refractivity contribution >= 4 is 34.8 Å². The summed E-state index contributed by atoms with van der Waals surface area (Å²) < 4.78 is 13.3. The summed E-state index contributed by atoms with van der Waals surface area (Å²) in [5.74, 6) is -0.468. The minimum atomic E-state index is -0.691. The molecule has 9 heteroatoms. The first-order valence-electron chi connectivity index (χ1n) is 8.63. The number of nitrogens with one attached hydrogen (secondary N) is 3. The fourth-order valence-corrected chi connectivity index (χ4v) is 2.77. The number of rotatable bonds is 5. The Morgan fingerprint density at radius 1 is 1.21 bits per heavy atom. The van der Waals surface area contributed by atoms with E-state index in [9.17, 15) is 9.18 Å². The molecule has 148 valence electrons. The SMILES string of the molecule is C[C@@H](NC(=O)Nc1cc(N)c(C(=N)c2ccnc(F)c2)cn1)c1ccc(Cl)cc1. The average Bonchev–Trinajstić information content (AvgIpc) is 2.68. The van der Waals surface area contributed by atoms with Crippen LogP contribution in [0.3, 0.4) is 0 Å². The minimum Gasteiger partial charge on any atom is -0.398 e. The molecule has 2 amide bonds. The van der Waals surface area contributed by atoms with Crippen molar-refractivity contribution in [3.63, 3.8) is 0 Å². The summed E-state index contributed by atoms with van der Waals surface area (Å²) in [6, 6.07) is 10.5. The highest BCUT2D eigenvalue weighted by atomic mass is 35.5. The summed E-state index contributed by atoms with van der Waals surface area (Å²) in [7, 11) is 0. The molecule has 3 aromatic rings. The topological polar surface area (TPSA) is 117 Å². The van der Waals surface area contributed by atoms with Crippen molar-refractivity contribution in [1.29, 1.82) is 5.41 Å². The van der Waals surface area contributed by atoms with Crippen LogP contribution >= 0.6 is 11.6 Å². The second-order valence-electron chi connectivity index (χ2n) is 6.27. The third-order valence-corrected chi connectivity index (χ3v) is 4.43. The molecule has 3 rings (SSSR count). The molecule has 0 saturated carbocycles. The number of urea groups is 1. The van der Waals surface area contributed by atoms with Gasteiger partial charge in [-0.05, 0) is 30.7 Å². The van der Waals surface area contributed by atoms with Gasteiger partial charge in [0, 0.05) is 46.4 Å². The van der Waals surface area contributed by atoms with Crippen molar-refractivity contribution in [2.75, 3.05) is 11.1 Å². The van der Waals surface area contributed by atoms with Crippen LogP contribution in [0.5, 0.6) is 0 Å². The minimum absolute atomic E-state index is 0.00339. The lowest BCUT2D eigenvalue weighted by Crippen LogP contribution is -2.31. The third-order valence-electron chi connectivity index (χ3n) is 4.18. The van der Waals surface area contributed by atoms with E-state index in [1.807, 2.05) is 19.1 Å². The Balaban J connectivity index is 1.67. The smallest absolute Gasteiger partial charge is 0.320 e. The number of anilines is 2. The van der Waals surface area contributed by atoms with E-state index in [1.165, 1.54) is 24.5 Å². The number of aromatic nitrogens is 2. The number of hydrogen-bond acceptors (Lipinski definition) is 5. The van der Waals surface area contributed by atoms with Crippen molar-refractivity contribution in [3.05, 3.63) is 82.5 Å². The van der Waals surface area contributed by atoms with Crippen LogP contribution in [0.4, 0.5) is 20.7 Å². The lowest BCUT2D eigenvalue weighted by Gasteiger charge is -2.15. The van der Waals surface area contributed by atoms with E-state index in [0.717, 1.165) is 11.6 Å². The molecule has 1 aromatic carbocycles. The molecular formula is C20H18ClFN6O. The molecule has 0 radical (unpaired) electrons. The molecule has 0 aliphatic heterocycles. The molecule has 0 saturated heterocycles. The third kappa shape index (κ3) is 5.05. The molecule has 0 aliphatic carbocycles. The summed E-state index contributed by atoms with van der Waals surface area (Å²) in [5, 5.41) is 14.2. The molecule has 0 bridgehead atoms. The van der Waals surface area contributed by atoms with Crippen molar-refractivity contribution in [2.45, 2.75) is 13.0 Å². The Morgan fingerprint density at radius 2 is 1.93 bits per heavy atom. The molecule has 0 unspecified atom stereocenters. The number of amides is 2. The first-order chi connectivity index (χ1) is 13.8. The molecular weight excluding hydrogens is 395 g/mol. The van der Waals surface area contributed by atoms with Crippen LogP contribution in [-0.4, -0.2) is 21.7 Å². The quantitative estimate of drug-likeness (QED) is 0.372. The van der Waals surface area contributed by atoms with Gasteiger partial charge in [-0.2, -0.15) is 4.39 Å². The zero-order valence-electron chi connectivity index (χ0n) is 15.4. The number of nitrogens with two attached hydrogens (primary N) is 1. The number of halogens is 2. The van der Waals surface area contributed by atoms with Gasteiger partial charge in [0.2, 0.25) is 5.95 Å². The predicted molar refractivity (Wildman–Crippen MR) is 111 cm³/mol. The van der Waals surface area contributed by atoms with Gasteiger partial charge in [-0.15, -0.1) is 0 Å². The van der Waals surface area contributed by atoms with Crippen LogP contribution in [0.25, 0.3) is 0 Å². The van der Waals surface area contributed by atoms with Gasteiger partial charge in [0.1, 0.15) is 5.82 Å². The van der Waals surface area contributed by atoms with Gasteiger partial charge in [0.25, 0.3) is 0 Å². The average molecular weight is 413 g/mol. The van der Waals surface area contributed by atoms with Crippen LogP contribution in [-0.2, 0) is 0 Å². The van der Waals surface area contributed by atoms with Gasteiger partial charge in [0.05, 0.1) is 11.8 Å². The monoisotopic (exact) mass is 412 g/mol. The summed E-state index contributed by atoms with van der Waals surface area (Å²) in [5.41, 5.74) is 7.76. The van der Waals surface area contributed by atoms with Crippen LogP contribution in [0.2, 0.25) is 5.02 Å². The lowest BCUT2D eigenvalue weighted by atomic mass is 10.0. The van der Waals surface area contributed by atoms with E-state index < -0.39 is 12.0 Å². The van der Waals surface area contributed by atoms with E-state index in [-0.39, 0.29) is 23.3 Å². The zero-order chi connectivity index (χ0) is 21.0. The zero-order valence-corrected chi connectivity index (χ0v) is 16.2. The first-order valence-corrected chi connectivity index (χ1v) is 9.00. The van der Waals surface area contributed by atoms with Crippen molar-refractivity contribution in [2.24, 2.45) is 0 Å². The second-order valence-corrected chi connectivity index (χ2v) is 6.71. The molecule has 5 N–H and O–H groups in total. The van der Waals surface area contributed by atoms with Crippen molar-refractivity contribution in [3.8, 4) is 0 Å². The fraction of sp³-hybridized carbons (Fsp3) is 0.100. The Morgan fingerprint density at radius 3 is 2.59 bits per heavy atom. The maximum atomic E-state index is 13.3. The summed E-state index contributed by atoms with van der Waals surface area (Å²) in [6.07, 6.45) is 2.62. The highest BCUT2D eigenvalue weighted by Gasteiger charge is 2.14. The highest BCUT2D eigenvalue weighted by Crippen LogP contribution is 2.20. The van der Waals surface area contributed by atoms with Gasteiger partial charge >= 0.3 is 6.03 Å². The second kappa shape index (κ2) is 8.66. The molecule has 29 heavy (non-hydrogen) atoms. The maximum absolute atomic E-state index is 13.3. The fourth-order valence-electron chi connectivity index (χ4n) is 2.65. The number of nitrogen functional groups attached to an aromatic ring is 1. The van der Waals surface area contributed by atoms with E-state index in [0.29, 0.717) is 16.1 Å². The molecule has 2 aromatic heterocycles. The first kappa shape index (κ1) is 20.2. The highest BCUT2D eigenvalue weighted by molar-refractivity contribution is 6.30. The molecule has 0 fully saturated rings. The lowest BCUT2D eigenvalue weighted by molar-refractivity contribution is 0.249. The van der Waals surface area contributed by atoms with Gasteiger partial charge < -0.3 is 11.1 Å². The van der Waals surface area contributed by atoms with Crippen LogP contribution in [0.15, 0.2) is 54.9 Å². The maximum Gasteiger partial charge on any atom is 0.320 e. The van der Waals surface area contributed by atoms with Crippen LogP contribution in [0, 0.1) is 11.4 Å². The van der Waals surface area contributed by atoms with Crippen LogP contribution < -0.4 is 16.4 Å². The van der Waals surface area contributed by atoms with Gasteiger partial charge in [-0.3, -0.25) is 10.7 Å². The summed E-state index contributed by atoms with van der Waals surface area (Å²) >= 11 is 5.87. The van der Waals surface area contributed by atoms with Crippen molar-refractivity contribution in [1.82, 2.24) is 15.3 Å². The van der Waals surface area contributed by atoms with Gasteiger partial charge in [-0.1, -0.05) is 23.7 Å². The number of nitrogens with zero attached hydrogens (tertiary/aromatic N) is 2. The molecule has 0 spiro atoms. The molecule has 0 aliphatic rings. The molecule has 1 atom stereocenters. The number of benzene rings is 1. The van der Waals surface area contributed by atoms with Crippen LogP contribution in [0.1, 0.15) is 29.7 Å². The Hall–Kier alpha value is -3.52. The number of carbonyl (C=O) groups is 1. The van der Waals surface area contributed by atoms with E-state index in [4.69, 9.17) is 22.7 Å². The molecule has 2 heterocycles. The number of carbonyl (C=O) groups excluding carboxylic acids is 1. The Labute approximate surface area is 171 Å². The van der Waals surface area contributed by atoms with E-state index in [2.05, 4.69) is 20.6 Å². The van der Waals surface area contributed by atoms with Gasteiger partial charge in [-0.25, -0.2) is 14.8 Å². The predicted octanol–water partition coefficient (Wildman–Crippen LogP) is 4.15. The largest absolute Gasteiger partial charge is 0.398 e. The van der Waals surface area contributed by atoms with Gasteiger partial charge in [0.15, 0.2) is 0 Å². The summed E-state index contributed by atoms with van der Waals surface area (Å²) in [6.45, 7) is 1.84. The number of pyridine rings is 2. The standard InChI is InChI=1S/C20H18ClFN6O/c1-11(12-2-4-14(21)5-3-12)27-20(29)28-18-9-16(23)15(10-26-18)19(24)13-6-7-25-17(22)8-13/h2-11,24H,1H3,(H4,23,26,27,28,29)/t11-/m1/s1. The Bertz CT molecular complexity index is 1060. The normalized spacial score (nSPS) is 11.6. The summed E-state index contributed by atoms with van der Waals surface area (Å²) in [4.78, 5) is 19.8. The van der Waals surface area contributed by atoms with Crippen molar-refractivity contribution < 1.29 is 9.18 Å². The van der Waals surface area contributed by atoms with E-state index in [1.54, 1.807) is 12.1 Å². The number of hydrogen-bond donors (Lipinski definition) is 4. The van der Waals surface area contributed by atoms with E-state index >= 15 is 0 Å².